The van der Waals surface area contributed by atoms with Gasteiger partial charge in [0.15, 0.2) is 11.6 Å². The Bertz CT molecular complexity index is 759. The maximum atomic E-state index is 13.6. The molecular weight excluding hydrogens is 360 g/mol. The zero-order valence-electron chi connectivity index (χ0n) is 17.1. The molecule has 0 fully saturated rings. The quantitative estimate of drug-likeness (QED) is 0.475. The lowest BCUT2D eigenvalue weighted by atomic mass is 9.73. The molecule has 6 heteroatoms. The first-order valence-electron chi connectivity index (χ1n) is 8.91. The molecule has 0 aromatic heterocycles. The number of hydrogen-bond donors (Lipinski definition) is 0. The van der Waals surface area contributed by atoms with E-state index < -0.39 is 5.41 Å². The van der Waals surface area contributed by atoms with E-state index in [0.717, 1.165) is 0 Å². The lowest BCUT2D eigenvalue weighted by Gasteiger charge is -2.28. The van der Waals surface area contributed by atoms with E-state index >= 15 is 0 Å². The Hall–Kier alpha value is -3.02. The zero-order chi connectivity index (χ0) is 20.9. The summed E-state index contributed by atoms with van der Waals surface area (Å²) >= 11 is 0. The van der Waals surface area contributed by atoms with E-state index in [0.29, 0.717) is 23.0 Å². The van der Waals surface area contributed by atoms with Gasteiger partial charge in [0.2, 0.25) is 0 Å². The Morgan fingerprint density at radius 1 is 0.714 bits per heavy atom. The molecule has 28 heavy (non-hydrogen) atoms. The maximum absolute atomic E-state index is 13.6. The van der Waals surface area contributed by atoms with Gasteiger partial charge in [-0.15, -0.1) is 0 Å². The van der Waals surface area contributed by atoms with Crippen LogP contribution in [0.3, 0.4) is 0 Å². The van der Waals surface area contributed by atoms with Crippen LogP contribution in [0.15, 0.2) is 36.4 Å². The molecule has 0 N–H and O–H groups in total. The summed E-state index contributed by atoms with van der Waals surface area (Å²) in [5.41, 5.74) is -0.901. The number of ketones is 2. The normalized spacial score (nSPS) is 10.9. The van der Waals surface area contributed by atoms with Gasteiger partial charge in [0.1, 0.15) is 34.1 Å². The van der Waals surface area contributed by atoms with Gasteiger partial charge in [-0.05, 0) is 37.6 Å². The largest absolute Gasteiger partial charge is 0.496 e. The van der Waals surface area contributed by atoms with Crippen LogP contribution in [0.25, 0.3) is 0 Å². The monoisotopic (exact) mass is 386 g/mol. The molecule has 0 spiro atoms. The third-order valence-electron chi connectivity index (χ3n) is 5.02. The first kappa shape index (κ1) is 21.3. The van der Waals surface area contributed by atoms with Gasteiger partial charge < -0.3 is 18.9 Å². The highest BCUT2D eigenvalue weighted by Gasteiger charge is 2.44. The fourth-order valence-corrected chi connectivity index (χ4v) is 3.13. The maximum Gasteiger partial charge on any atom is 0.183 e. The van der Waals surface area contributed by atoms with Crippen molar-refractivity contribution in [3.63, 3.8) is 0 Å². The average Bonchev–Trinajstić information content (AvgIpc) is 2.75. The van der Waals surface area contributed by atoms with Crippen molar-refractivity contribution in [2.45, 2.75) is 20.3 Å². The third kappa shape index (κ3) is 3.54. The summed E-state index contributed by atoms with van der Waals surface area (Å²) in [5.74, 6) is 0.629. The van der Waals surface area contributed by atoms with Crippen molar-refractivity contribution >= 4 is 11.6 Å². The average molecular weight is 386 g/mol. The zero-order valence-corrected chi connectivity index (χ0v) is 17.1. The van der Waals surface area contributed by atoms with E-state index in [1.165, 1.54) is 28.4 Å². The lowest BCUT2D eigenvalue weighted by molar-refractivity contribution is 0.0674. The van der Waals surface area contributed by atoms with E-state index in [9.17, 15) is 9.59 Å². The summed E-state index contributed by atoms with van der Waals surface area (Å²) in [7, 11) is 5.89. The summed E-state index contributed by atoms with van der Waals surface area (Å²) in [6, 6.07) is 10.1. The Morgan fingerprint density at radius 3 is 1.21 bits per heavy atom. The molecular formula is C22H26O6. The standard InChI is InChI=1S/C22H26O6/c1-7-22(2,20(23)18-14(25-3)10-8-11-15(18)26-4)21(24)19-16(27-5)12-9-13-17(19)28-6/h8-13H,7H2,1-6H3. The number of Topliss-reactive ketones (excluding diaryl/α,β-unsaturated/α-hetero) is 2. The molecule has 0 amide bonds. The molecule has 2 aromatic carbocycles. The SMILES string of the molecule is CCC(C)(C(=O)c1c(OC)cccc1OC)C(=O)c1c(OC)cccc1OC. The second-order valence-corrected chi connectivity index (χ2v) is 6.42. The molecule has 0 unspecified atom stereocenters. The number of methoxy groups -OCH3 is 4. The predicted molar refractivity (Wildman–Crippen MR) is 106 cm³/mol. The molecule has 0 aliphatic rings. The van der Waals surface area contributed by atoms with Crippen LogP contribution in [-0.2, 0) is 0 Å². The highest BCUT2D eigenvalue weighted by atomic mass is 16.5. The van der Waals surface area contributed by atoms with Crippen LogP contribution in [0.2, 0.25) is 0 Å². The minimum atomic E-state index is -1.37. The van der Waals surface area contributed by atoms with Gasteiger partial charge in [-0.25, -0.2) is 0 Å². The van der Waals surface area contributed by atoms with E-state index in [1.54, 1.807) is 50.2 Å². The van der Waals surface area contributed by atoms with Crippen molar-refractivity contribution in [2.75, 3.05) is 28.4 Å². The van der Waals surface area contributed by atoms with Gasteiger partial charge >= 0.3 is 0 Å². The highest BCUT2D eigenvalue weighted by Crippen LogP contribution is 2.41. The number of rotatable bonds is 9. The van der Waals surface area contributed by atoms with E-state index in [2.05, 4.69) is 0 Å². The number of hydrogen-bond acceptors (Lipinski definition) is 6. The van der Waals surface area contributed by atoms with Gasteiger partial charge in [0.05, 0.1) is 33.9 Å². The van der Waals surface area contributed by atoms with Crippen LogP contribution in [0, 0.1) is 5.41 Å². The summed E-state index contributed by atoms with van der Waals surface area (Å²) in [5, 5.41) is 0. The van der Waals surface area contributed by atoms with Gasteiger partial charge in [-0.1, -0.05) is 19.1 Å². The van der Waals surface area contributed by atoms with Gasteiger partial charge in [0, 0.05) is 0 Å². The van der Waals surface area contributed by atoms with Crippen molar-refractivity contribution in [1.29, 1.82) is 0 Å². The first-order valence-corrected chi connectivity index (χ1v) is 8.91. The van der Waals surface area contributed by atoms with Crippen molar-refractivity contribution < 1.29 is 28.5 Å². The summed E-state index contributed by atoms with van der Waals surface area (Å²) < 4.78 is 21.4. The van der Waals surface area contributed by atoms with Crippen LogP contribution in [0.1, 0.15) is 41.0 Å². The second-order valence-electron chi connectivity index (χ2n) is 6.42. The van der Waals surface area contributed by atoms with Crippen LogP contribution < -0.4 is 18.9 Å². The van der Waals surface area contributed by atoms with Gasteiger partial charge in [-0.3, -0.25) is 9.59 Å². The fraction of sp³-hybridized carbons (Fsp3) is 0.364. The summed E-state index contributed by atoms with van der Waals surface area (Å²) in [6.07, 6.45) is 0.271. The molecule has 6 nitrogen and oxygen atoms in total. The molecule has 0 bridgehead atoms. The van der Waals surface area contributed by atoms with Crippen LogP contribution in [0.4, 0.5) is 0 Å². The Kier molecular flexibility index (Phi) is 6.67. The van der Waals surface area contributed by atoms with Crippen LogP contribution >= 0.6 is 0 Å². The summed E-state index contributed by atoms with van der Waals surface area (Å²) in [4.78, 5) is 27.2. The Labute approximate surface area is 165 Å². The first-order chi connectivity index (χ1) is 13.4. The number of ether oxygens (including phenoxy) is 4. The van der Waals surface area contributed by atoms with Gasteiger partial charge in [0.25, 0.3) is 0 Å². The highest BCUT2D eigenvalue weighted by molar-refractivity contribution is 6.22. The topological polar surface area (TPSA) is 71.1 Å². The third-order valence-corrected chi connectivity index (χ3v) is 5.02. The Balaban J connectivity index is 2.67. The van der Waals surface area contributed by atoms with E-state index in [-0.39, 0.29) is 29.1 Å². The molecule has 0 saturated heterocycles. The van der Waals surface area contributed by atoms with E-state index in [1.807, 2.05) is 0 Å². The lowest BCUT2D eigenvalue weighted by Crippen LogP contribution is -2.37. The molecule has 0 atom stereocenters. The molecule has 0 radical (unpaired) electrons. The molecule has 0 heterocycles. The van der Waals surface area contributed by atoms with Gasteiger partial charge in [-0.2, -0.15) is 0 Å². The molecule has 150 valence electrons. The van der Waals surface area contributed by atoms with Crippen LogP contribution in [-0.4, -0.2) is 40.0 Å². The van der Waals surface area contributed by atoms with Crippen molar-refractivity contribution in [2.24, 2.45) is 5.41 Å². The minimum Gasteiger partial charge on any atom is -0.496 e. The number of carbonyl (C=O) groups is 2. The number of carbonyl (C=O) groups excluding carboxylic acids is 2. The second kappa shape index (κ2) is 8.78. The smallest absolute Gasteiger partial charge is 0.183 e. The molecule has 0 aliphatic carbocycles. The van der Waals surface area contributed by atoms with Crippen molar-refractivity contribution in [3.05, 3.63) is 47.5 Å². The molecule has 0 aliphatic heterocycles. The Morgan fingerprint density at radius 2 is 1.00 bits per heavy atom. The number of benzene rings is 2. The van der Waals surface area contributed by atoms with E-state index in [4.69, 9.17) is 18.9 Å². The van der Waals surface area contributed by atoms with Crippen molar-refractivity contribution in [1.82, 2.24) is 0 Å². The predicted octanol–water partition coefficient (Wildman–Crippen LogP) is 4.20. The van der Waals surface area contributed by atoms with Crippen molar-refractivity contribution in [3.8, 4) is 23.0 Å². The minimum absolute atomic E-state index is 0.235. The fourth-order valence-electron chi connectivity index (χ4n) is 3.13. The molecule has 2 rings (SSSR count). The molecule has 0 saturated carbocycles. The molecule has 2 aromatic rings. The van der Waals surface area contributed by atoms with Crippen LogP contribution in [0.5, 0.6) is 23.0 Å². The summed E-state index contributed by atoms with van der Waals surface area (Å²) in [6.45, 7) is 3.41.